The highest BCUT2D eigenvalue weighted by Crippen LogP contribution is 2.25. The van der Waals surface area contributed by atoms with Gasteiger partial charge in [-0.3, -0.25) is 14.4 Å². The lowest BCUT2D eigenvalue weighted by Gasteiger charge is -2.30. The lowest BCUT2D eigenvalue weighted by Crippen LogP contribution is -2.36. The molecule has 0 saturated carbocycles. The molecule has 1 aliphatic rings. The van der Waals surface area contributed by atoms with E-state index in [4.69, 9.17) is 0 Å². The van der Waals surface area contributed by atoms with Crippen molar-refractivity contribution in [3.05, 3.63) is 105 Å². The maximum absolute atomic E-state index is 14.1. The number of amides is 3. The van der Waals surface area contributed by atoms with Crippen LogP contribution in [0.2, 0.25) is 0 Å². The van der Waals surface area contributed by atoms with Gasteiger partial charge in [0.1, 0.15) is 0 Å². The molecule has 1 unspecified atom stereocenters. The first kappa shape index (κ1) is 42.2. The molecular weight excluding hydrogens is 702 g/mol. The Labute approximate surface area is 322 Å². The number of carbonyl (C=O) groups excluding carboxylic acids is 3. The average Bonchev–Trinajstić information content (AvgIpc) is 3.08. The normalized spacial score (nSPS) is 14.4. The molecule has 12 heteroatoms. The number of fused-ring (bicyclic) bond motifs is 6. The van der Waals surface area contributed by atoms with Crippen molar-refractivity contribution in [3.63, 3.8) is 0 Å². The van der Waals surface area contributed by atoms with Gasteiger partial charge in [0.05, 0.1) is 16.7 Å². The van der Waals surface area contributed by atoms with Crippen LogP contribution in [0.15, 0.2) is 54.6 Å². The number of hydrogen-bond donors (Lipinski definition) is 3. The number of benzene rings is 3. The van der Waals surface area contributed by atoms with E-state index >= 15 is 0 Å². The predicted molar refractivity (Wildman–Crippen MR) is 206 cm³/mol. The molecule has 1 aliphatic heterocycles. The predicted octanol–water partition coefficient (Wildman–Crippen LogP) is 7.07. The van der Waals surface area contributed by atoms with Crippen LogP contribution in [0.4, 0.5) is 0 Å². The van der Waals surface area contributed by atoms with Gasteiger partial charge in [0.25, 0.3) is 0 Å². The van der Waals surface area contributed by atoms with E-state index < -0.39 is 23.8 Å². The molecule has 12 nitrogen and oxygen atoms in total. The highest BCUT2D eigenvalue weighted by atomic mass is 16.4. The van der Waals surface area contributed by atoms with Gasteiger partial charge >= 0.3 is 17.9 Å². The van der Waals surface area contributed by atoms with E-state index in [1.165, 1.54) is 36.4 Å². The Morgan fingerprint density at radius 3 is 0.927 bits per heavy atom. The first-order valence-corrected chi connectivity index (χ1v) is 18.7. The summed E-state index contributed by atoms with van der Waals surface area (Å²) in [6.07, 6.45) is 0.389. The number of hydrogen-bond acceptors (Lipinski definition) is 6. The van der Waals surface area contributed by atoms with E-state index in [-0.39, 0.29) is 104 Å². The van der Waals surface area contributed by atoms with Crippen molar-refractivity contribution in [1.29, 1.82) is 0 Å². The quantitative estimate of drug-likeness (QED) is 0.207. The van der Waals surface area contributed by atoms with Crippen LogP contribution in [0.3, 0.4) is 0 Å². The molecule has 55 heavy (non-hydrogen) atoms. The maximum Gasteiger partial charge on any atom is 0.335 e. The van der Waals surface area contributed by atoms with Crippen molar-refractivity contribution < 1.29 is 44.1 Å². The van der Waals surface area contributed by atoms with Crippen LogP contribution < -0.4 is 0 Å². The van der Waals surface area contributed by atoms with Gasteiger partial charge in [-0.2, -0.15) is 0 Å². The Morgan fingerprint density at radius 1 is 0.455 bits per heavy atom. The molecule has 3 aromatic carbocycles. The number of carbonyl (C=O) groups is 6. The van der Waals surface area contributed by atoms with Crippen LogP contribution >= 0.6 is 0 Å². The second kappa shape index (κ2) is 18.2. The second-order valence-electron chi connectivity index (χ2n) is 16.0. The minimum atomic E-state index is -1.19. The summed E-state index contributed by atoms with van der Waals surface area (Å²) in [7, 11) is 0. The first-order chi connectivity index (χ1) is 25.8. The Morgan fingerprint density at radius 2 is 0.709 bits per heavy atom. The summed E-state index contributed by atoms with van der Waals surface area (Å²) in [6.45, 7) is 13.3. The second-order valence-corrected chi connectivity index (χ2v) is 16.0. The van der Waals surface area contributed by atoms with Crippen molar-refractivity contribution in [2.24, 2.45) is 23.7 Å². The van der Waals surface area contributed by atoms with Gasteiger partial charge in [0.2, 0.25) is 17.7 Å². The van der Waals surface area contributed by atoms with E-state index in [1.54, 1.807) is 32.9 Å². The van der Waals surface area contributed by atoms with Crippen molar-refractivity contribution in [2.45, 2.75) is 101 Å². The number of aromatic carboxylic acids is 3. The van der Waals surface area contributed by atoms with Gasteiger partial charge in [-0.15, -0.1) is 0 Å². The molecular formula is C43H53N3O9. The standard InChI is InChI=1S/C43H53N3O9/c1-25(2)8-38(47)44-19-29-10-30(14-35(13-29)41(50)51)20-45(39(48)9-26(3)4)22-32-12-34(18-37(16-32)43(54)55)24-46(40(49)28(7)27(5)6)23-33-11-31(21-44)15-36(17-33)42(52)53/h10-18,25-28H,8-9,19-24H2,1-7H3,(H,50,51)(H,52,53)(H,54,55). The van der Waals surface area contributed by atoms with E-state index in [0.29, 0.717) is 33.4 Å². The fourth-order valence-electron chi connectivity index (χ4n) is 6.73. The molecule has 0 spiro atoms. The van der Waals surface area contributed by atoms with Gasteiger partial charge in [0, 0.05) is 58.0 Å². The molecule has 294 valence electrons. The van der Waals surface area contributed by atoms with Crippen molar-refractivity contribution in [2.75, 3.05) is 0 Å². The monoisotopic (exact) mass is 755 g/mol. The largest absolute Gasteiger partial charge is 0.478 e. The lowest BCUT2D eigenvalue weighted by molar-refractivity contribution is -0.137. The van der Waals surface area contributed by atoms with Gasteiger partial charge < -0.3 is 30.0 Å². The summed E-state index contributed by atoms with van der Waals surface area (Å²) in [5.74, 6) is -4.62. The van der Waals surface area contributed by atoms with Crippen LogP contribution in [-0.2, 0) is 53.7 Å². The fourth-order valence-corrected chi connectivity index (χ4v) is 6.73. The molecule has 0 aromatic heterocycles. The summed E-state index contributed by atoms with van der Waals surface area (Å²) in [6, 6.07) is 14.2. The highest BCUT2D eigenvalue weighted by Gasteiger charge is 2.26. The molecule has 0 radical (unpaired) electrons. The number of carboxylic acid groups (broad SMARTS) is 3. The summed E-state index contributed by atoms with van der Waals surface area (Å²) < 4.78 is 0. The third-order valence-corrected chi connectivity index (χ3v) is 9.71. The van der Waals surface area contributed by atoms with Crippen LogP contribution in [0, 0.1) is 23.7 Å². The van der Waals surface area contributed by atoms with Gasteiger partial charge in [0.15, 0.2) is 0 Å². The van der Waals surface area contributed by atoms with Gasteiger partial charge in [-0.25, -0.2) is 14.4 Å². The summed E-state index contributed by atoms with van der Waals surface area (Å²) >= 11 is 0. The zero-order valence-electron chi connectivity index (χ0n) is 32.8. The SMILES string of the molecule is CC(C)CC(=O)N1Cc2cc(cc(C(=O)O)c2)CN(C(=O)CC(C)C)Cc2cc(cc(C(=O)O)c2)CN(C(=O)C(C)C(C)C)Cc2cc(cc(C(=O)O)c2)C1. The molecule has 3 amide bonds. The Bertz CT molecular complexity index is 1840. The molecule has 0 saturated heterocycles. The fraction of sp³-hybridized carbons (Fsp3) is 0.442. The van der Waals surface area contributed by atoms with E-state index in [9.17, 15) is 44.1 Å². The topological polar surface area (TPSA) is 173 Å². The van der Waals surface area contributed by atoms with Crippen molar-refractivity contribution in [3.8, 4) is 0 Å². The summed E-state index contributed by atoms with van der Waals surface area (Å²) in [5, 5.41) is 30.4. The van der Waals surface area contributed by atoms with E-state index in [1.807, 2.05) is 48.5 Å². The minimum absolute atomic E-state index is 0.000394. The van der Waals surface area contributed by atoms with Crippen LogP contribution in [0.25, 0.3) is 0 Å². The average molecular weight is 756 g/mol. The molecule has 4 rings (SSSR count). The smallest absolute Gasteiger partial charge is 0.335 e. The minimum Gasteiger partial charge on any atom is -0.478 e. The molecule has 6 bridgehead atoms. The highest BCUT2D eigenvalue weighted by molar-refractivity contribution is 5.89. The van der Waals surface area contributed by atoms with Gasteiger partial charge in [-0.05, 0) is 87.5 Å². The molecule has 0 fully saturated rings. The van der Waals surface area contributed by atoms with Gasteiger partial charge in [-0.1, -0.05) is 66.7 Å². The number of carboxylic acids is 3. The van der Waals surface area contributed by atoms with Crippen molar-refractivity contribution >= 4 is 35.6 Å². The van der Waals surface area contributed by atoms with E-state index in [0.717, 1.165) is 0 Å². The lowest BCUT2D eigenvalue weighted by atomic mass is 9.95. The van der Waals surface area contributed by atoms with Crippen LogP contribution in [0.1, 0.15) is 126 Å². The zero-order chi connectivity index (χ0) is 40.7. The molecule has 1 atom stereocenters. The van der Waals surface area contributed by atoms with Crippen LogP contribution in [0.5, 0.6) is 0 Å². The Hall–Kier alpha value is -5.52. The third kappa shape index (κ3) is 11.7. The third-order valence-electron chi connectivity index (χ3n) is 9.71. The number of rotatable bonds is 9. The maximum atomic E-state index is 14.1. The summed E-state index contributed by atoms with van der Waals surface area (Å²) in [5.41, 5.74) is 2.96. The molecule has 3 aromatic rings. The molecule has 3 N–H and O–H groups in total. The Kier molecular flexibility index (Phi) is 14.0. The number of nitrogens with zero attached hydrogens (tertiary/aromatic N) is 3. The van der Waals surface area contributed by atoms with Crippen molar-refractivity contribution in [1.82, 2.24) is 14.7 Å². The van der Waals surface area contributed by atoms with E-state index in [2.05, 4.69) is 0 Å². The summed E-state index contributed by atoms with van der Waals surface area (Å²) in [4.78, 5) is 83.7. The zero-order valence-corrected chi connectivity index (χ0v) is 32.8. The Balaban J connectivity index is 2.00. The van der Waals surface area contributed by atoms with Crippen LogP contribution in [-0.4, -0.2) is 65.6 Å². The molecule has 0 aliphatic carbocycles. The first-order valence-electron chi connectivity index (χ1n) is 18.7. The molecule has 1 heterocycles.